The molecule has 1 atom stereocenters. The van der Waals surface area contributed by atoms with Crippen molar-refractivity contribution in [3.63, 3.8) is 0 Å². The first-order chi connectivity index (χ1) is 15.9. The molecule has 0 saturated carbocycles. The lowest BCUT2D eigenvalue weighted by molar-refractivity contribution is -0.134. The molecule has 5 rings (SSSR count). The number of carbonyl (C=O) groups is 1. The average Bonchev–Trinajstić information content (AvgIpc) is 3.10. The monoisotopic (exact) mass is 466 g/mol. The van der Waals surface area contributed by atoms with Gasteiger partial charge in [0.05, 0.1) is 18.4 Å². The molecule has 1 fully saturated rings. The van der Waals surface area contributed by atoms with Gasteiger partial charge in [0.25, 0.3) is 5.56 Å². The predicted octanol–water partition coefficient (Wildman–Crippen LogP) is 4.59. The molecule has 6 nitrogen and oxygen atoms in total. The van der Waals surface area contributed by atoms with E-state index in [9.17, 15) is 14.0 Å². The zero-order valence-electron chi connectivity index (χ0n) is 18.3. The number of piperidine rings is 1. The molecule has 8 heteroatoms. The van der Waals surface area contributed by atoms with Gasteiger partial charge in [0.15, 0.2) is 0 Å². The molecular formula is C25H24ClFN4O2. The van der Waals surface area contributed by atoms with E-state index in [1.54, 1.807) is 16.7 Å². The number of aromatic nitrogens is 3. The Morgan fingerprint density at radius 3 is 2.82 bits per heavy atom. The number of carbonyl (C=O) groups excluding carboxylic acids is 1. The van der Waals surface area contributed by atoms with E-state index in [0.717, 1.165) is 24.8 Å². The van der Waals surface area contributed by atoms with Crippen molar-refractivity contribution >= 4 is 39.4 Å². The molecule has 2 aromatic heterocycles. The van der Waals surface area contributed by atoms with Crippen molar-refractivity contribution < 1.29 is 9.18 Å². The molecule has 1 saturated heterocycles. The second-order valence-corrected chi connectivity index (χ2v) is 9.05. The Balaban J connectivity index is 1.65. The summed E-state index contributed by atoms with van der Waals surface area (Å²) in [5, 5.41) is 1.08. The molecule has 0 aliphatic carbocycles. The average molecular weight is 467 g/mol. The van der Waals surface area contributed by atoms with Crippen LogP contribution in [0.1, 0.15) is 31.7 Å². The molecule has 0 spiro atoms. The second-order valence-electron chi connectivity index (χ2n) is 8.65. The van der Waals surface area contributed by atoms with Gasteiger partial charge >= 0.3 is 0 Å². The van der Waals surface area contributed by atoms with Crippen LogP contribution in [0.2, 0.25) is 5.02 Å². The SMILES string of the molecule is C[C@@H]1CCCCN1C(=O)Cn1c2ccc(F)cc2c2ncn(Cc3ccccc3Cl)c(=O)c21. The molecule has 0 radical (unpaired) electrons. The Morgan fingerprint density at radius 1 is 1.21 bits per heavy atom. The lowest BCUT2D eigenvalue weighted by atomic mass is 10.0. The van der Waals surface area contributed by atoms with Crippen molar-refractivity contribution in [1.82, 2.24) is 19.0 Å². The normalized spacial score (nSPS) is 16.6. The minimum Gasteiger partial charge on any atom is -0.338 e. The minimum atomic E-state index is -0.417. The van der Waals surface area contributed by atoms with Crippen LogP contribution in [-0.2, 0) is 17.9 Å². The summed E-state index contributed by atoms with van der Waals surface area (Å²) < 4.78 is 17.2. The van der Waals surface area contributed by atoms with Crippen LogP contribution in [-0.4, -0.2) is 37.5 Å². The van der Waals surface area contributed by atoms with Crippen LogP contribution >= 0.6 is 11.6 Å². The second kappa shape index (κ2) is 8.63. The summed E-state index contributed by atoms with van der Waals surface area (Å²) in [6, 6.07) is 11.8. The predicted molar refractivity (Wildman–Crippen MR) is 127 cm³/mol. The molecular weight excluding hydrogens is 443 g/mol. The van der Waals surface area contributed by atoms with Crippen LogP contribution in [0, 0.1) is 5.82 Å². The van der Waals surface area contributed by atoms with Crippen molar-refractivity contribution in [2.45, 2.75) is 45.3 Å². The summed E-state index contributed by atoms with van der Waals surface area (Å²) in [5.74, 6) is -0.467. The van der Waals surface area contributed by atoms with Gasteiger partial charge in [-0.1, -0.05) is 29.8 Å². The maximum atomic E-state index is 14.1. The van der Waals surface area contributed by atoms with Crippen LogP contribution in [0.25, 0.3) is 21.9 Å². The molecule has 170 valence electrons. The highest BCUT2D eigenvalue weighted by atomic mass is 35.5. The number of hydrogen-bond donors (Lipinski definition) is 0. The smallest absolute Gasteiger partial charge is 0.278 e. The van der Waals surface area contributed by atoms with Gasteiger partial charge in [-0.2, -0.15) is 0 Å². The summed E-state index contributed by atoms with van der Waals surface area (Å²) in [5.41, 5.74) is 1.79. The number of nitrogens with zero attached hydrogens (tertiary/aromatic N) is 4. The number of fused-ring (bicyclic) bond motifs is 3. The molecule has 0 bridgehead atoms. The largest absolute Gasteiger partial charge is 0.338 e. The summed E-state index contributed by atoms with van der Waals surface area (Å²) in [6.45, 7) is 3.01. The summed E-state index contributed by atoms with van der Waals surface area (Å²) in [4.78, 5) is 33.2. The van der Waals surface area contributed by atoms with E-state index >= 15 is 0 Å². The summed E-state index contributed by atoms with van der Waals surface area (Å²) in [6.07, 6.45) is 4.50. The maximum Gasteiger partial charge on any atom is 0.278 e. The Hall–Kier alpha value is -3.19. The zero-order valence-corrected chi connectivity index (χ0v) is 19.1. The molecule has 4 aromatic rings. The zero-order chi connectivity index (χ0) is 23.1. The van der Waals surface area contributed by atoms with E-state index in [1.807, 2.05) is 23.1 Å². The van der Waals surface area contributed by atoms with Gasteiger partial charge in [-0.15, -0.1) is 0 Å². The first-order valence-corrected chi connectivity index (χ1v) is 11.5. The lowest BCUT2D eigenvalue weighted by Crippen LogP contribution is -2.43. The van der Waals surface area contributed by atoms with Crippen LogP contribution in [0.3, 0.4) is 0 Å². The molecule has 33 heavy (non-hydrogen) atoms. The van der Waals surface area contributed by atoms with Crippen LogP contribution in [0.4, 0.5) is 4.39 Å². The standard InChI is InChI=1S/C25H24ClFN4O2/c1-16-6-4-5-11-30(16)22(32)14-31-21-10-9-18(27)12-19(21)23-24(31)25(33)29(15-28-23)13-17-7-2-3-8-20(17)26/h2-3,7-10,12,15-16H,4-6,11,13-14H2,1H3/t16-/m1/s1. The number of hydrogen-bond acceptors (Lipinski definition) is 3. The number of halogens is 2. The van der Waals surface area contributed by atoms with E-state index < -0.39 is 5.82 Å². The fourth-order valence-electron chi connectivity index (χ4n) is 4.75. The van der Waals surface area contributed by atoms with Crippen LogP contribution in [0.15, 0.2) is 53.6 Å². The van der Waals surface area contributed by atoms with Crippen molar-refractivity contribution in [3.8, 4) is 0 Å². The molecule has 1 aliphatic heterocycles. The fourth-order valence-corrected chi connectivity index (χ4v) is 4.95. The number of likely N-dealkylation sites (tertiary alicyclic amines) is 1. The van der Waals surface area contributed by atoms with Gasteiger partial charge < -0.3 is 9.47 Å². The van der Waals surface area contributed by atoms with Crippen LogP contribution in [0.5, 0.6) is 0 Å². The first-order valence-electron chi connectivity index (χ1n) is 11.1. The van der Waals surface area contributed by atoms with E-state index in [4.69, 9.17) is 11.6 Å². The molecule has 0 N–H and O–H groups in total. The van der Waals surface area contributed by atoms with Crippen molar-refractivity contribution in [2.24, 2.45) is 0 Å². The van der Waals surface area contributed by atoms with Crippen molar-refractivity contribution in [2.75, 3.05) is 6.54 Å². The van der Waals surface area contributed by atoms with Crippen molar-refractivity contribution in [1.29, 1.82) is 0 Å². The third-order valence-corrected chi connectivity index (χ3v) is 6.87. The summed E-state index contributed by atoms with van der Waals surface area (Å²) in [7, 11) is 0. The lowest BCUT2D eigenvalue weighted by Gasteiger charge is -2.33. The van der Waals surface area contributed by atoms with E-state index in [-0.39, 0.29) is 30.6 Å². The molecule has 3 heterocycles. The van der Waals surface area contributed by atoms with E-state index in [2.05, 4.69) is 11.9 Å². The van der Waals surface area contributed by atoms with E-state index in [1.165, 1.54) is 23.0 Å². The summed E-state index contributed by atoms with van der Waals surface area (Å²) >= 11 is 6.29. The number of benzene rings is 2. The number of amides is 1. The van der Waals surface area contributed by atoms with Gasteiger partial charge in [0.2, 0.25) is 5.91 Å². The van der Waals surface area contributed by atoms with Gasteiger partial charge in [0.1, 0.15) is 23.4 Å². The highest BCUT2D eigenvalue weighted by molar-refractivity contribution is 6.31. The Bertz CT molecular complexity index is 1430. The topological polar surface area (TPSA) is 60.1 Å². The Labute approximate surface area is 195 Å². The van der Waals surface area contributed by atoms with Crippen LogP contribution < -0.4 is 5.56 Å². The van der Waals surface area contributed by atoms with E-state index in [0.29, 0.717) is 33.5 Å². The molecule has 2 aromatic carbocycles. The van der Waals surface area contributed by atoms with Gasteiger partial charge in [-0.05, 0) is 56.0 Å². The van der Waals surface area contributed by atoms with Crippen molar-refractivity contribution in [3.05, 3.63) is 75.5 Å². The van der Waals surface area contributed by atoms with Gasteiger partial charge in [-0.25, -0.2) is 9.37 Å². The molecule has 1 aliphatic rings. The Morgan fingerprint density at radius 2 is 2.03 bits per heavy atom. The highest BCUT2D eigenvalue weighted by Gasteiger charge is 2.26. The third-order valence-electron chi connectivity index (χ3n) is 6.50. The number of rotatable bonds is 4. The fraction of sp³-hybridized carbons (Fsp3) is 0.320. The van der Waals surface area contributed by atoms with Gasteiger partial charge in [0, 0.05) is 23.0 Å². The first kappa shape index (κ1) is 21.6. The third kappa shape index (κ3) is 3.91. The quantitative estimate of drug-likeness (QED) is 0.442. The van der Waals surface area contributed by atoms with Gasteiger partial charge in [-0.3, -0.25) is 14.2 Å². The molecule has 0 unspecified atom stereocenters. The highest BCUT2D eigenvalue weighted by Crippen LogP contribution is 2.27. The molecule has 1 amide bonds. The Kier molecular flexibility index (Phi) is 5.66. The minimum absolute atomic E-state index is 0.00298. The maximum absolute atomic E-state index is 14.1.